The lowest BCUT2D eigenvalue weighted by molar-refractivity contribution is 0.0804. The van der Waals surface area contributed by atoms with Crippen LogP contribution in [-0.2, 0) is 4.74 Å². The first-order valence-electron chi connectivity index (χ1n) is 5.78. The van der Waals surface area contributed by atoms with Gasteiger partial charge in [-0.25, -0.2) is 4.39 Å². The van der Waals surface area contributed by atoms with Crippen LogP contribution in [0.15, 0.2) is 18.2 Å². The molecule has 4 heteroatoms. The molecule has 1 rings (SSSR count). The quantitative estimate of drug-likeness (QED) is 0.747. The highest BCUT2D eigenvalue weighted by Crippen LogP contribution is 2.26. The lowest BCUT2D eigenvalue weighted by Crippen LogP contribution is -2.06. The van der Waals surface area contributed by atoms with E-state index in [4.69, 9.17) is 9.47 Å². The number of aliphatic hydroxyl groups is 1. The van der Waals surface area contributed by atoms with Gasteiger partial charge in [-0.1, -0.05) is 19.1 Å². The third-order valence-electron chi connectivity index (χ3n) is 2.46. The second-order valence-corrected chi connectivity index (χ2v) is 3.78. The Morgan fingerprint density at radius 1 is 1.35 bits per heavy atom. The first-order chi connectivity index (χ1) is 8.20. The first-order valence-corrected chi connectivity index (χ1v) is 5.78. The Bertz CT molecular complexity index is 341. The Morgan fingerprint density at radius 2 is 2.12 bits per heavy atom. The summed E-state index contributed by atoms with van der Waals surface area (Å²) in [4.78, 5) is 0. The fourth-order valence-corrected chi connectivity index (χ4v) is 1.54. The average Bonchev–Trinajstić information content (AvgIpc) is 2.34. The smallest absolute Gasteiger partial charge is 0.170 e. The fraction of sp³-hybridized carbons (Fsp3) is 0.538. The summed E-state index contributed by atoms with van der Waals surface area (Å²) in [5, 5.41) is 9.85. The number of ether oxygens (including phenoxy) is 2. The van der Waals surface area contributed by atoms with Gasteiger partial charge in [-0.15, -0.1) is 0 Å². The van der Waals surface area contributed by atoms with Crippen molar-refractivity contribution >= 4 is 0 Å². The molecule has 17 heavy (non-hydrogen) atoms. The van der Waals surface area contributed by atoms with Gasteiger partial charge >= 0.3 is 0 Å². The molecule has 3 nitrogen and oxygen atoms in total. The van der Waals surface area contributed by atoms with Gasteiger partial charge in [0.1, 0.15) is 0 Å². The van der Waals surface area contributed by atoms with Crippen molar-refractivity contribution in [1.29, 1.82) is 0 Å². The Hall–Kier alpha value is -1.13. The second-order valence-electron chi connectivity index (χ2n) is 3.78. The summed E-state index contributed by atoms with van der Waals surface area (Å²) >= 11 is 0. The number of hydrogen-bond acceptors (Lipinski definition) is 3. The van der Waals surface area contributed by atoms with Gasteiger partial charge in [0, 0.05) is 25.2 Å². The largest absolute Gasteiger partial charge is 0.494 e. The first kappa shape index (κ1) is 13.9. The fourth-order valence-electron chi connectivity index (χ4n) is 1.54. The minimum atomic E-state index is -0.859. The van der Waals surface area contributed by atoms with Gasteiger partial charge < -0.3 is 14.6 Å². The SMILES string of the molecule is CCCOCCC(O)c1cccc(OC)c1F. The molecule has 1 aromatic rings. The highest BCUT2D eigenvalue weighted by atomic mass is 19.1. The Labute approximate surface area is 101 Å². The zero-order chi connectivity index (χ0) is 12.7. The molecular formula is C13H19FO3. The molecule has 0 amide bonds. The van der Waals surface area contributed by atoms with Crippen molar-refractivity contribution in [3.8, 4) is 5.75 Å². The minimum absolute atomic E-state index is 0.149. The van der Waals surface area contributed by atoms with Crippen molar-refractivity contribution in [1.82, 2.24) is 0 Å². The van der Waals surface area contributed by atoms with E-state index in [1.807, 2.05) is 6.92 Å². The monoisotopic (exact) mass is 242 g/mol. The van der Waals surface area contributed by atoms with E-state index in [0.29, 0.717) is 19.6 Å². The van der Waals surface area contributed by atoms with Crippen LogP contribution >= 0.6 is 0 Å². The van der Waals surface area contributed by atoms with Gasteiger partial charge in [0.05, 0.1) is 13.2 Å². The third-order valence-corrected chi connectivity index (χ3v) is 2.46. The molecule has 0 aliphatic carbocycles. The number of benzene rings is 1. The molecule has 0 heterocycles. The van der Waals surface area contributed by atoms with Crippen molar-refractivity contribution < 1.29 is 19.0 Å². The van der Waals surface area contributed by atoms with Crippen LogP contribution in [0.2, 0.25) is 0 Å². The molecule has 0 aliphatic rings. The van der Waals surface area contributed by atoms with Gasteiger partial charge in [-0.3, -0.25) is 0 Å². The lowest BCUT2D eigenvalue weighted by Gasteiger charge is -2.13. The zero-order valence-electron chi connectivity index (χ0n) is 10.3. The van der Waals surface area contributed by atoms with E-state index in [0.717, 1.165) is 6.42 Å². The van der Waals surface area contributed by atoms with Crippen LogP contribution in [0, 0.1) is 5.82 Å². The standard InChI is InChI=1S/C13H19FO3/c1-3-8-17-9-7-11(15)10-5-4-6-12(16-2)13(10)14/h4-6,11,15H,3,7-9H2,1-2H3. The van der Waals surface area contributed by atoms with Crippen molar-refractivity contribution in [3.05, 3.63) is 29.6 Å². The van der Waals surface area contributed by atoms with Crippen LogP contribution in [0.1, 0.15) is 31.4 Å². The molecule has 0 aromatic heterocycles. The molecular weight excluding hydrogens is 223 g/mol. The van der Waals surface area contributed by atoms with Gasteiger partial charge in [0.25, 0.3) is 0 Å². The van der Waals surface area contributed by atoms with Gasteiger partial charge in [-0.2, -0.15) is 0 Å². The van der Waals surface area contributed by atoms with Gasteiger partial charge in [0.15, 0.2) is 11.6 Å². The molecule has 0 saturated carbocycles. The molecule has 0 fully saturated rings. The predicted octanol–water partition coefficient (Wildman–Crippen LogP) is 2.68. The second kappa shape index (κ2) is 7.25. The molecule has 0 bridgehead atoms. The molecule has 1 N–H and O–H groups in total. The molecule has 1 aromatic carbocycles. The summed E-state index contributed by atoms with van der Waals surface area (Å²) in [6, 6.07) is 4.74. The van der Waals surface area contributed by atoms with E-state index in [2.05, 4.69) is 0 Å². The summed E-state index contributed by atoms with van der Waals surface area (Å²) in [6.45, 7) is 3.09. The summed E-state index contributed by atoms with van der Waals surface area (Å²) < 4.78 is 23.9. The molecule has 0 aliphatic heterocycles. The van der Waals surface area contributed by atoms with Crippen molar-refractivity contribution in [2.75, 3.05) is 20.3 Å². The Kier molecular flexibility index (Phi) is 5.94. The number of rotatable bonds is 7. The van der Waals surface area contributed by atoms with Crippen LogP contribution < -0.4 is 4.74 Å². The maximum absolute atomic E-state index is 13.8. The van der Waals surface area contributed by atoms with Crippen molar-refractivity contribution in [2.45, 2.75) is 25.9 Å². The molecule has 0 saturated heterocycles. The number of halogens is 1. The molecule has 96 valence electrons. The van der Waals surface area contributed by atoms with Crippen LogP contribution in [-0.4, -0.2) is 25.4 Å². The highest BCUT2D eigenvalue weighted by molar-refractivity contribution is 5.32. The molecule has 1 unspecified atom stereocenters. The number of aliphatic hydroxyl groups excluding tert-OH is 1. The van der Waals surface area contributed by atoms with Crippen LogP contribution in [0.25, 0.3) is 0 Å². The average molecular weight is 242 g/mol. The minimum Gasteiger partial charge on any atom is -0.494 e. The summed E-state index contributed by atoms with van der Waals surface area (Å²) in [5.74, 6) is -0.353. The van der Waals surface area contributed by atoms with E-state index in [1.54, 1.807) is 12.1 Å². The maximum atomic E-state index is 13.8. The molecule has 0 spiro atoms. The Balaban J connectivity index is 2.59. The topological polar surface area (TPSA) is 38.7 Å². The summed E-state index contributed by atoms with van der Waals surface area (Å²) in [7, 11) is 1.40. The maximum Gasteiger partial charge on any atom is 0.170 e. The zero-order valence-corrected chi connectivity index (χ0v) is 10.3. The van der Waals surface area contributed by atoms with E-state index >= 15 is 0 Å². The number of methoxy groups -OCH3 is 1. The summed E-state index contributed by atoms with van der Waals surface area (Å²) in [6.07, 6.45) is 0.454. The van der Waals surface area contributed by atoms with Gasteiger partial charge in [-0.05, 0) is 12.5 Å². The third kappa shape index (κ3) is 3.98. The van der Waals surface area contributed by atoms with Crippen molar-refractivity contribution in [2.24, 2.45) is 0 Å². The van der Waals surface area contributed by atoms with E-state index in [-0.39, 0.29) is 11.3 Å². The normalized spacial score (nSPS) is 12.5. The van der Waals surface area contributed by atoms with Crippen molar-refractivity contribution in [3.63, 3.8) is 0 Å². The van der Waals surface area contributed by atoms with E-state index in [9.17, 15) is 9.50 Å². The van der Waals surface area contributed by atoms with E-state index < -0.39 is 11.9 Å². The van der Waals surface area contributed by atoms with Gasteiger partial charge in [0.2, 0.25) is 0 Å². The van der Waals surface area contributed by atoms with Crippen LogP contribution in [0.5, 0.6) is 5.75 Å². The Morgan fingerprint density at radius 3 is 2.76 bits per heavy atom. The predicted molar refractivity (Wildman–Crippen MR) is 63.6 cm³/mol. The lowest BCUT2D eigenvalue weighted by atomic mass is 10.1. The van der Waals surface area contributed by atoms with Crippen LogP contribution in [0.3, 0.4) is 0 Å². The van der Waals surface area contributed by atoms with Crippen LogP contribution in [0.4, 0.5) is 4.39 Å². The molecule has 0 radical (unpaired) electrons. The van der Waals surface area contributed by atoms with E-state index in [1.165, 1.54) is 13.2 Å². The number of hydrogen-bond donors (Lipinski definition) is 1. The summed E-state index contributed by atoms with van der Waals surface area (Å²) in [5.41, 5.74) is 0.254. The highest BCUT2D eigenvalue weighted by Gasteiger charge is 2.15. The molecule has 1 atom stereocenters.